The average Bonchev–Trinajstić information content (AvgIpc) is 2.69. The molecule has 0 spiro atoms. The van der Waals surface area contributed by atoms with Crippen LogP contribution in [-0.4, -0.2) is 24.8 Å². The van der Waals surface area contributed by atoms with Gasteiger partial charge in [0.25, 0.3) is 0 Å². The van der Waals surface area contributed by atoms with Gasteiger partial charge in [0.2, 0.25) is 10.0 Å². The normalized spacial score (nSPS) is 24.2. The molecule has 1 aliphatic heterocycles. The zero-order valence-corrected chi connectivity index (χ0v) is 12.3. The van der Waals surface area contributed by atoms with Crippen molar-refractivity contribution in [1.29, 1.82) is 0 Å². The minimum Gasteiger partial charge on any atom is -0.399 e. The number of hydrogen-bond donors (Lipinski definition) is 1. The molecule has 1 saturated heterocycles. The molecule has 1 fully saturated rings. The van der Waals surface area contributed by atoms with Crippen LogP contribution in [0.2, 0.25) is 0 Å². The molecule has 1 aromatic carbocycles. The maximum absolute atomic E-state index is 13.9. The summed E-state index contributed by atoms with van der Waals surface area (Å²) in [6.45, 7) is 3.61. The van der Waals surface area contributed by atoms with Crippen molar-refractivity contribution in [1.82, 2.24) is 4.31 Å². The molecule has 0 aromatic heterocycles. The fourth-order valence-electron chi connectivity index (χ4n) is 2.80. The minimum atomic E-state index is -4.20. The predicted molar refractivity (Wildman–Crippen MR) is 72.6 cm³/mol. The van der Waals surface area contributed by atoms with Gasteiger partial charge in [-0.2, -0.15) is 4.31 Å². The molecule has 2 atom stereocenters. The molecule has 20 heavy (non-hydrogen) atoms. The molecule has 2 N–H and O–H groups in total. The van der Waals surface area contributed by atoms with Crippen LogP contribution in [0.5, 0.6) is 0 Å². The van der Waals surface area contributed by atoms with Crippen molar-refractivity contribution in [3.05, 3.63) is 23.8 Å². The van der Waals surface area contributed by atoms with Gasteiger partial charge < -0.3 is 5.73 Å². The first kappa shape index (κ1) is 15.2. The van der Waals surface area contributed by atoms with Gasteiger partial charge in [-0.3, -0.25) is 0 Å². The highest BCUT2D eigenvalue weighted by atomic mass is 32.2. The molecule has 112 valence electrons. The molecule has 7 heteroatoms. The predicted octanol–water partition coefficient (Wildman–Crippen LogP) is 2.50. The highest BCUT2D eigenvalue weighted by molar-refractivity contribution is 7.89. The number of nitrogens with zero attached hydrogens (tertiary/aromatic N) is 1. The van der Waals surface area contributed by atoms with Crippen LogP contribution in [0.3, 0.4) is 0 Å². The van der Waals surface area contributed by atoms with E-state index in [-0.39, 0.29) is 17.8 Å². The molecule has 2 unspecified atom stereocenters. The second kappa shape index (κ2) is 5.29. The molecule has 1 heterocycles. The second-order valence-corrected chi connectivity index (χ2v) is 6.92. The van der Waals surface area contributed by atoms with Crippen LogP contribution >= 0.6 is 0 Å². The van der Waals surface area contributed by atoms with E-state index in [1.165, 1.54) is 4.31 Å². The lowest BCUT2D eigenvalue weighted by molar-refractivity contribution is 0.325. The van der Waals surface area contributed by atoms with Crippen molar-refractivity contribution in [3.63, 3.8) is 0 Å². The van der Waals surface area contributed by atoms with Gasteiger partial charge in [0.1, 0.15) is 11.6 Å². The summed E-state index contributed by atoms with van der Waals surface area (Å²) in [5, 5.41) is 0. The third kappa shape index (κ3) is 2.40. The van der Waals surface area contributed by atoms with Crippen LogP contribution in [0.15, 0.2) is 17.0 Å². The van der Waals surface area contributed by atoms with Gasteiger partial charge >= 0.3 is 0 Å². The Balaban J connectivity index is 2.56. The van der Waals surface area contributed by atoms with Crippen LogP contribution < -0.4 is 5.73 Å². The average molecular weight is 304 g/mol. The Hall–Kier alpha value is -1.21. The molecule has 0 radical (unpaired) electrons. The summed E-state index contributed by atoms with van der Waals surface area (Å²) in [6.07, 6.45) is 2.01. The van der Waals surface area contributed by atoms with Crippen LogP contribution in [0, 0.1) is 11.6 Å². The number of anilines is 1. The van der Waals surface area contributed by atoms with E-state index in [9.17, 15) is 17.2 Å². The summed E-state index contributed by atoms with van der Waals surface area (Å²) in [5.41, 5.74) is 5.18. The summed E-state index contributed by atoms with van der Waals surface area (Å²) in [4.78, 5) is -0.904. The smallest absolute Gasteiger partial charge is 0.249 e. The molecule has 0 bridgehead atoms. The number of nitrogens with two attached hydrogens (primary N) is 1. The Morgan fingerprint density at radius 1 is 1.30 bits per heavy atom. The molecule has 0 aliphatic carbocycles. The fraction of sp³-hybridized carbons (Fsp3) is 0.538. The number of benzene rings is 1. The SMILES string of the molecule is CCC1CCC(C)N1S(=O)(=O)c1c(F)cc(N)cc1F. The van der Waals surface area contributed by atoms with E-state index in [1.54, 1.807) is 6.92 Å². The van der Waals surface area contributed by atoms with Gasteiger partial charge in [0, 0.05) is 17.8 Å². The number of hydrogen-bond acceptors (Lipinski definition) is 3. The van der Waals surface area contributed by atoms with E-state index >= 15 is 0 Å². The zero-order valence-electron chi connectivity index (χ0n) is 11.4. The van der Waals surface area contributed by atoms with E-state index in [4.69, 9.17) is 5.73 Å². The monoisotopic (exact) mass is 304 g/mol. The summed E-state index contributed by atoms with van der Waals surface area (Å²) < 4.78 is 54.2. The van der Waals surface area contributed by atoms with E-state index in [0.29, 0.717) is 19.3 Å². The number of halogens is 2. The summed E-state index contributed by atoms with van der Waals surface area (Å²) in [6, 6.07) is 1.18. The van der Waals surface area contributed by atoms with Crippen LogP contribution in [-0.2, 0) is 10.0 Å². The third-order valence-corrected chi connectivity index (χ3v) is 5.86. The number of nitrogen functional groups attached to an aromatic ring is 1. The molecular formula is C13H18F2N2O2S. The van der Waals surface area contributed by atoms with Crippen molar-refractivity contribution in [2.45, 2.75) is 50.1 Å². The Bertz CT molecular complexity index is 596. The first-order chi connectivity index (χ1) is 9.28. The second-order valence-electron chi connectivity index (χ2n) is 5.14. The standard InChI is InChI=1S/C13H18F2N2O2S/c1-3-10-5-4-8(2)17(10)20(18,19)13-11(14)6-9(16)7-12(13)15/h6-8,10H,3-5,16H2,1-2H3. The van der Waals surface area contributed by atoms with Crippen molar-refractivity contribution in [3.8, 4) is 0 Å². The van der Waals surface area contributed by atoms with Crippen molar-refractivity contribution in [2.24, 2.45) is 0 Å². The Morgan fingerprint density at radius 2 is 1.85 bits per heavy atom. The third-order valence-electron chi connectivity index (χ3n) is 3.74. The zero-order chi connectivity index (χ0) is 15.1. The fourth-order valence-corrected chi connectivity index (χ4v) is 4.84. The maximum atomic E-state index is 13.9. The molecule has 0 amide bonds. The van der Waals surface area contributed by atoms with E-state index < -0.39 is 26.6 Å². The first-order valence-corrected chi connectivity index (χ1v) is 8.01. The quantitative estimate of drug-likeness (QED) is 0.873. The maximum Gasteiger partial charge on any atom is 0.249 e. The molecule has 4 nitrogen and oxygen atoms in total. The Kier molecular flexibility index (Phi) is 4.02. The van der Waals surface area contributed by atoms with Gasteiger partial charge in [-0.05, 0) is 38.3 Å². The number of rotatable bonds is 3. The largest absolute Gasteiger partial charge is 0.399 e. The van der Waals surface area contributed by atoms with Gasteiger partial charge in [-0.25, -0.2) is 17.2 Å². The lowest BCUT2D eigenvalue weighted by atomic mass is 10.2. The molecular weight excluding hydrogens is 286 g/mol. The molecule has 2 rings (SSSR count). The van der Waals surface area contributed by atoms with Crippen LogP contribution in [0.4, 0.5) is 14.5 Å². The van der Waals surface area contributed by atoms with Crippen molar-refractivity contribution < 1.29 is 17.2 Å². The van der Waals surface area contributed by atoms with E-state index in [2.05, 4.69) is 0 Å². The Labute approximate surface area is 117 Å². The van der Waals surface area contributed by atoms with Crippen molar-refractivity contribution >= 4 is 15.7 Å². The molecule has 1 aliphatic rings. The van der Waals surface area contributed by atoms with Crippen molar-refractivity contribution in [2.75, 3.05) is 5.73 Å². The topological polar surface area (TPSA) is 63.4 Å². The first-order valence-electron chi connectivity index (χ1n) is 6.57. The molecule has 0 saturated carbocycles. The lowest BCUT2D eigenvalue weighted by Crippen LogP contribution is -2.40. The van der Waals surface area contributed by atoms with Gasteiger partial charge in [0.15, 0.2) is 4.90 Å². The lowest BCUT2D eigenvalue weighted by Gasteiger charge is -2.27. The highest BCUT2D eigenvalue weighted by Crippen LogP contribution is 2.34. The van der Waals surface area contributed by atoms with Gasteiger partial charge in [0.05, 0.1) is 0 Å². The summed E-state index contributed by atoms with van der Waals surface area (Å²) >= 11 is 0. The van der Waals surface area contributed by atoms with E-state index in [0.717, 1.165) is 12.1 Å². The number of sulfonamides is 1. The summed E-state index contributed by atoms with van der Waals surface area (Å²) in [7, 11) is -4.20. The highest BCUT2D eigenvalue weighted by Gasteiger charge is 2.41. The Morgan fingerprint density at radius 3 is 2.35 bits per heavy atom. The van der Waals surface area contributed by atoms with E-state index in [1.807, 2.05) is 6.92 Å². The van der Waals surface area contributed by atoms with Crippen LogP contribution in [0.25, 0.3) is 0 Å². The van der Waals surface area contributed by atoms with Gasteiger partial charge in [-0.15, -0.1) is 0 Å². The minimum absolute atomic E-state index is 0.138. The van der Waals surface area contributed by atoms with Gasteiger partial charge in [-0.1, -0.05) is 6.92 Å². The molecule has 1 aromatic rings. The van der Waals surface area contributed by atoms with Crippen LogP contribution in [0.1, 0.15) is 33.1 Å². The summed E-state index contributed by atoms with van der Waals surface area (Å²) in [5.74, 6) is -2.28.